The minimum Gasteiger partial charge on any atom is -0.478 e. The Kier molecular flexibility index (Phi) is 4.20. The molecule has 1 amide bonds. The average Bonchev–Trinajstić information content (AvgIpc) is 2.29. The lowest BCUT2D eigenvalue weighted by molar-refractivity contribution is 0.0690. The minimum absolute atomic E-state index is 0.0703. The van der Waals surface area contributed by atoms with E-state index in [9.17, 15) is 9.59 Å². The number of hydrogen-bond donors (Lipinski definition) is 2. The molecule has 2 N–H and O–H groups in total. The fraction of sp³-hybridized carbons (Fsp3) is 0.182. The number of carboxylic acid groups (broad SMARTS) is 1. The van der Waals surface area contributed by atoms with Crippen LogP contribution in [0.2, 0.25) is 0 Å². The van der Waals surface area contributed by atoms with Gasteiger partial charge in [0.15, 0.2) is 0 Å². The van der Waals surface area contributed by atoms with Crippen molar-refractivity contribution in [3.8, 4) is 0 Å². The largest absolute Gasteiger partial charge is 0.478 e. The number of carboxylic acids is 1. The van der Waals surface area contributed by atoms with Crippen LogP contribution < -0.4 is 5.32 Å². The van der Waals surface area contributed by atoms with Gasteiger partial charge >= 0.3 is 5.97 Å². The highest BCUT2D eigenvalue weighted by Gasteiger charge is 2.16. The van der Waals surface area contributed by atoms with E-state index in [1.807, 2.05) is 0 Å². The molecule has 0 aliphatic heterocycles. The number of aromatic nitrogens is 1. The van der Waals surface area contributed by atoms with Crippen LogP contribution in [0.15, 0.2) is 31.0 Å². The van der Waals surface area contributed by atoms with Gasteiger partial charge in [-0.05, 0) is 18.6 Å². The van der Waals surface area contributed by atoms with Gasteiger partial charge in [0.05, 0.1) is 5.56 Å². The number of carbonyl (C=O) groups is 2. The molecular weight excluding hydrogens is 208 g/mol. The Morgan fingerprint density at radius 3 is 2.94 bits per heavy atom. The van der Waals surface area contributed by atoms with E-state index in [1.54, 1.807) is 6.08 Å². The number of nitrogens with zero attached hydrogens (tertiary/aromatic N) is 1. The van der Waals surface area contributed by atoms with Crippen LogP contribution in [-0.4, -0.2) is 28.5 Å². The fourth-order valence-electron chi connectivity index (χ4n) is 1.13. The third kappa shape index (κ3) is 2.91. The van der Waals surface area contributed by atoms with E-state index in [0.717, 1.165) is 0 Å². The van der Waals surface area contributed by atoms with Crippen LogP contribution in [0.25, 0.3) is 0 Å². The maximum Gasteiger partial charge on any atom is 0.338 e. The van der Waals surface area contributed by atoms with Crippen LogP contribution in [-0.2, 0) is 0 Å². The fourth-order valence-corrected chi connectivity index (χ4v) is 1.13. The molecule has 0 bridgehead atoms. The third-order valence-electron chi connectivity index (χ3n) is 1.89. The number of carbonyl (C=O) groups excluding carboxylic acids is 1. The molecule has 0 spiro atoms. The summed E-state index contributed by atoms with van der Waals surface area (Å²) in [5, 5.41) is 11.4. The lowest BCUT2D eigenvalue weighted by Gasteiger charge is -2.05. The normalized spacial score (nSPS) is 9.50. The molecule has 0 fully saturated rings. The lowest BCUT2D eigenvalue weighted by Crippen LogP contribution is -2.27. The molecule has 0 unspecified atom stereocenters. The molecule has 0 saturated heterocycles. The molecule has 0 saturated carbocycles. The van der Waals surface area contributed by atoms with Gasteiger partial charge in [0.2, 0.25) is 0 Å². The summed E-state index contributed by atoms with van der Waals surface area (Å²) >= 11 is 0. The third-order valence-corrected chi connectivity index (χ3v) is 1.89. The van der Waals surface area contributed by atoms with Gasteiger partial charge in [0.25, 0.3) is 5.91 Å². The summed E-state index contributed by atoms with van der Waals surface area (Å²) in [6, 6.07) is 2.82. The molecule has 0 aliphatic rings. The zero-order valence-electron chi connectivity index (χ0n) is 8.64. The summed E-state index contributed by atoms with van der Waals surface area (Å²) in [6.45, 7) is 3.93. The summed E-state index contributed by atoms with van der Waals surface area (Å²) in [7, 11) is 0. The first-order valence-corrected chi connectivity index (χ1v) is 4.74. The van der Waals surface area contributed by atoms with Gasteiger partial charge in [-0.15, -0.1) is 6.58 Å². The Morgan fingerprint density at radius 2 is 2.31 bits per heavy atom. The van der Waals surface area contributed by atoms with Crippen molar-refractivity contribution < 1.29 is 14.7 Å². The second-order valence-corrected chi connectivity index (χ2v) is 3.04. The monoisotopic (exact) mass is 220 g/mol. The highest BCUT2D eigenvalue weighted by Crippen LogP contribution is 2.04. The Morgan fingerprint density at radius 1 is 1.56 bits per heavy atom. The first-order valence-electron chi connectivity index (χ1n) is 4.74. The van der Waals surface area contributed by atoms with Crippen molar-refractivity contribution >= 4 is 11.9 Å². The van der Waals surface area contributed by atoms with Gasteiger partial charge in [0, 0.05) is 12.7 Å². The molecule has 5 heteroatoms. The molecule has 0 aromatic carbocycles. The average molecular weight is 220 g/mol. The summed E-state index contributed by atoms with van der Waals surface area (Å²) in [4.78, 5) is 26.2. The minimum atomic E-state index is -1.16. The molecule has 0 atom stereocenters. The van der Waals surface area contributed by atoms with E-state index < -0.39 is 11.9 Å². The number of aromatic carboxylic acids is 1. The Hall–Kier alpha value is -2.17. The van der Waals surface area contributed by atoms with Crippen molar-refractivity contribution in [3.63, 3.8) is 0 Å². The van der Waals surface area contributed by atoms with Crippen molar-refractivity contribution in [1.82, 2.24) is 10.3 Å². The summed E-state index contributed by atoms with van der Waals surface area (Å²) < 4.78 is 0. The second-order valence-electron chi connectivity index (χ2n) is 3.04. The molecule has 5 nitrogen and oxygen atoms in total. The smallest absolute Gasteiger partial charge is 0.338 e. The van der Waals surface area contributed by atoms with Crippen molar-refractivity contribution in [2.75, 3.05) is 6.54 Å². The standard InChI is InChI=1S/C11H12N2O3/c1-2-3-6-13-10(14)9-8(11(15)16)5-4-7-12-9/h2,4-5,7H,1,3,6H2,(H,13,14)(H,15,16). The van der Waals surface area contributed by atoms with Crippen molar-refractivity contribution in [2.24, 2.45) is 0 Å². The van der Waals surface area contributed by atoms with Crippen LogP contribution in [0.4, 0.5) is 0 Å². The van der Waals surface area contributed by atoms with Gasteiger partial charge in [0.1, 0.15) is 5.69 Å². The van der Waals surface area contributed by atoms with E-state index in [-0.39, 0.29) is 11.3 Å². The van der Waals surface area contributed by atoms with Crippen molar-refractivity contribution in [2.45, 2.75) is 6.42 Å². The molecule has 84 valence electrons. The summed E-state index contributed by atoms with van der Waals surface area (Å²) in [5.74, 6) is -1.65. The van der Waals surface area contributed by atoms with E-state index in [2.05, 4.69) is 16.9 Å². The molecule has 1 aromatic heterocycles. The van der Waals surface area contributed by atoms with Crippen LogP contribution >= 0.6 is 0 Å². The first-order chi connectivity index (χ1) is 7.66. The Labute approximate surface area is 92.8 Å². The molecule has 1 rings (SSSR count). The van der Waals surface area contributed by atoms with Gasteiger partial charge in [-0.25, -0.2) is 4.79 Å². The lowest BCUT2D eigenvalue weighted by atomic mass is 10.2. The van der Waals surface area contributed by atoms with Gasteiger partial charge in [-0.3, -0.25) is 9.78 Å². The predicted molar refractivity (Wildman–Crippen MR) is 58.3 cm³/mol. The molecule has 0 radical (unpaired) electrons. The molecule has 1 aromatic rings. The number of rotatable bonds is 5. The van der Waals surface area contributed by atoms with Crippen LogP contribution in [0, 0.1) is 0 Å². The maximum atomic E-state index is 11.6. The van der Waals surface area contributed by atoms with E-state index in [1.165, 1.54) is 18.3 Å². The van der Waals surface area contributed by atoms with Crippen LogP contribution in [0.3, 0.4) is 0 Å². The number of hydrogen-bond acceptors (Lipinski definition) is 3. The topological polar surface area (TPSA) is 79.3 Å². The number of pyridine rings is 1. The van der Waals surface area contributed by atoms with Gasteiger partial charge < -0.3 is 10.4 Å². The van der Waals surface area contributed by atoms with Gasteiger partial charge in [-0.1, -0.05) is 6.08 Å². The number of amides is 1. The highest BCUT2D eigenvalue weighted by molar-refractivity contribution is 6.03. The van der Waals surface area contributed by atoms with Gasteiger partial charge in [-0.2, -0.15) is 0 Å². The van der Waals surface area contributed by atoms with E-state index >= 15 is 0 Å². The zero-order chi connectivity index (χ0) is 12.0. The second kappa shape index (κ2) is 5.65. The Balaban J connectivity index is 2.82. The van der Waals surface area contributed by atoms with Crippen molar-refractivity contribution in [3.05, 3.63) is 42.2 Å². The Bertz CT molecular complexity index is 415. The molecule has 16 heavy (non-hydrogen) atoms. The van der Waals surface area contributed by atoms with Crippen LogP contribution in [0.1, 0.15) is 27.3 Å². The zero-order valence-corrected chi connectivity index (χ0v) is 8.64. The number of nitrogens with one attached hydrogen (secondary N) is 1. The van der Waals surface area contributed by atoms with Crippen LogP contribution in [0.5, 0.6) is 0 Å². The first kappa shape index (κ1) is 11.9. The maximum absolute atomic E-state index is 11.6. The predicted octanol–water partition coefficient (Wildman–Crippen LogP) is 1.09. The van der Waals surface area contributed by atoms with Crippen molar-refractivity contribution in [1.29, 1.82) is 0 Å². The van der Waals surface area contributed by atoms with E-state index in [4.69, 9.17) is 5.11 Å². The molecule has 0 aliphatic carbocycles. The molecular formula is C11H12N2O3. The highest BCUT2D eigenvalue weighted by atomic mass is 16.4. The molecule has 1 heterocycles. The quantitative estimate of drug-likeness (QED) is 0.575. The SMILES string of the molecule is C=CCCNC(=O)c1ncccc1C(=O)O. The van der Waals surface area contributed by atoms with E-state index in [0.29, 0.717) is 13.0 Å². The summed E-state index contributed by atoms with van der Waals surface area (Å²) in [5.41, 5.74) is -0.169. The summed E-state index contributed by atoms with van der Waals surface area (Å²) in [6.07, 6.45) is 3.67.